The molecular weight excluding hydrogens is 228 g/mol. The first-order chi connectivity index (χ1) is 9.21. The highest BCUT2D eigenvalue weighted by molar-refractivity contribution is 5.41. The highest BCUT2D eigenvalue weighted by Gasteiger charge is 2.66. The van der Waals surface area contributed by atoms with Crippen LogP contribution in [0.15, 0.2) is 18.2 Å². The second-order valence-electron chi connectivity index (χ2n) is 8.15. The summed E-state index contributed by atoms with van der Waals surface area (Å²) in [6, 6.07) is 7.32. The Morgan fingerprint density at radius 2 is 1.95 bits per heavy atom. The molecule has 100 valence electrons. The Hall–Kier alpha value is -0.780. The molecule has 0 saturated heterocycles. The molecule has 2 spiro atoms. The number of benzene rings is 1. The van der Waals surface area contributed by atoms with E-state index in [-0.39, 0.29) is 0 Å². The topological polar surface area (TPSA) is 0 Å². The second-order valence-corrected chi connectivity index (χ2v) is 8.15. The van der Waals surface area contributed by atoms with Crippen LogP contribution in [-0.4, -0.2) is 0 Å². The van der Waals surface area contributed by atoms with Gasteiger partial charge in [0, 0.05) is 0 Å². The normalized spacial score (nSPS) is 40.9. The van der Waals surface area contributed by atoms with Crippen LogP contribution < -0.4 is 0 Å². The molecule has 0 aliphatic heterocycles. The van der Waals surface area contributed by atoms with Crippen LogP contribution in [0.3, 0.4) is 0 Å². The smallest absolute Gasteiger partial charge is 0.00945 e. The van der Waals surface area contributed by atoms with Crippen LogP contribution in [0.5, 0.6) is 0 Å². The first-order valence-electron chi connectivity index (χ1n) is 8.30. The molecule has 0 radical (unpaired) electrons. The van der Waals surface area contributed by atoms with Gasteiger partial charge in [-0.25, -0.2) is 0 Å². The predicted molar refractivity (Wildman–Crippen MR) is 78.3 cm³/mol. The molecule has 0 N–H and O–H groups in total. The Bertz CT molecular complexity index is 551. The fourth-order valence-electron chi connectivity index (χ4n) is 5.99. The third-order valence-electron chi connectivity index (χ3n) is 7.24. The summed E-state index contributed by atoms with van der Waals surface area (Å²) in [7, 11) is 0. The second kappa shape index (κ2) is 3.27. The van der Waals surface area contributed by atoms with Crippen LogP contribution in [0.1, 0.15) is 67.6 Å². The van der Waals surface area contributed by atoms with Crippen molar-refractivity contribution in [2.75, 3.05) is 0 Å². The molecule has 0 aromatic heterocycles. The highest BCUT2D eigenvalue weighted by Crippen LogP contribution is 2.76. The van der Waals surface area contributed by atoms with Gasteiger partial charge in [-0.15, -0.1) is 0 Å². The Kier molecular flexibility index (Phi) is 1.88. The van der Waals surface area contributed by atoms with Gasteiger partial charge in [-0.05, 0) is 85.7 Å². The summed E-state index contributed by atoms with van der Waals surface area (Å²) < 4.78 is 0. The van der Waals surface area contributed by atoms with Gasteiger partial charge in [-0.2, -0.15) is 0 Å². The van der Waals surface area contributed by atoms with Crippen molar-refractivity contribution < 1.29 is 0 Å². The van der Waals surface area contributed by atoms with Crippen molar-refractivity contribution >= 4 is 0 Å². The van der Waals surface area contributed by atoms with Gasteiger partial charge in [0.15, 0.2) is 0 Å². The summed E-state index contributed by atoms with van der Waals surface area (Å²) in [6.45, 7) is 2.25. The van der Waals surface area contributed by atoms with E-state index in [2.05, 4.69) is 25.1 Å². The van der Waals surface area contributed by atoms with Gasteiger partial charge >= 0.3 is 0 Å². The highest BCUT2D eigenvalue weighted by atomic mass is 14.7. The van der Waals surface area contributed by atoms with Crippen LogP contribution in [-0.2, 0) is 6.42 Å². The minimum absolute atomic E-state index is 0.767. The molecule has 1 aromatic carbocycles. The van der Waals surface area contributed by atoms with Crippen LogP contribution in [0.4, 0.5) is 0 Å². The van der Waals surface area contributed by atoms with Gasteiger partial charge in [-0.1, -0.05) is 30.2 Å². The largest absolute Gasteiger partial charge is 0.0590 e. The maximum Gasteiger partial charge on any atom is -0.00945 e. The van der Waals surface area contributed by atoms with Crippen LogP contribution in [0.2, 0.25) is 0 Å². The summed E-state index contributed by atoms with van der Waals surface area (Å²) in [6.07, 6.45) is 12.1. The molecule has 3 fully saturated rings. The molecule has 0 bridgehead atoms. The molecule has 3 atom stereocenters. The predicted octanol–water partition coefficient (Wildman–Crippen LogP) is 5.00. The lowest BCUT2D eigenvalue weighted by atomic mass is 9.53. The van der Waals surface area contributed by atoms with Crippen molar-refractivity contribution in [2.24, 2.45) is 16.7 Å². The first-order valence-corrected chi connectivity index (χ1v) is 8.30. The van der Waals surface area contributed by atoms with Crippen molar-refractivity contribution in [1.29, 1.82) is 0 Å². The van der Waals surface area contributed by atoms with Crippen LogP contribution in [0.25, 0.3) is 0 Å². The molecule has 0 heteroatoms. The average Bonchev–Trinajstić information content (AvgIpc) is 3.07. The molecule has 1 aromatic rings. The van der Waals surface area contributed by atoms with E-state index < -0.39 is 0 Å². The molecule has 5 rings (SSSR count). The van der Waals surface area contributed by atoms with E-state index in [1.807, 2.05) is 0 Å². The zero-order valence-corrected chi connectivity index (χ0v) is 12.0. The molecule has 3 saturated carbocycles. The van der Waals surface area contributed by atoms with E-state index in [4.69, 9.17) is 0 Å². The number of rotatable bonds is 0. The zero-order valence-electron chi connectivity index (χ0n) is 12.0. The molecule has 0 amide bonds. The minimum Gasteiger partial charge on any atom is -0.0590 e. The van der Waals surface area contributed by atoms with Gasteiger partial charge in [0.25, 0.3) is 0 Å². The van der Waals surface area contributed by atoms with E-state index in [0.29, 0.717) is 0 Å². The molecule has 4 aliphatic carbocycles. The first kappa shape index (κ1) is 10.9. The van der Waals surface area contributed by atoms with Gasteiger partial charge in [-0.3, -0.25) is 0 Å². The van der Waals surface area contributed by atoms with Crippen molar-refractivity contribution in [3.8, 4) is 0 Å². The van der Waals surface area contributed by atoms with E-state index in [1.165, 1.54) is 44.1 Å². The van der Waals surface area contributed by atoms with Crippen molar-refractivity contribution in [1.82, 2.24) is 0 Å². The third kappa shape index (κ3) is 1.31. The average molecular weight is 252 g/mol. The Morgan fingerprint density at radius 3 is 2.74 bits per heavy atom. The molecular formula is C19H24. The fourth-order valence-corrected chi connectivity index (χ4v) is 5.99. The molecule has 19 heavy (non-hydrogen) atoms. The van der Waals surface area contributed by atoms with E-state index >= 15 is 0 Å². The van der Waals surface area contributed by atoms with E-state index in [9.17, 15) is 0 Å². The minimum atomic E-state index is 0.767. The molecule has 3 unspecified atom stereocenters. The molecule has 4 aliphatic rings. The summed E-state index contributed by atoms with van der Waals surface area (Å²) in [5.41, 5.74) is 6.46. The third-order valence-corrected chi connectivity index (χ3v) is 7.24. The molecule has 0 heterocycles. The summed E-state index contributed by atoms with van der Waals surface area (Å²) >= 11 is 0. The Morgan fingerprint density at radius 1 is 1.05 bits per heavy atom. The summed E-state index contributed by atoms with van der Waals surface area (Å²) in [5.74, 6) is 2.02. The lowest BCUT2D eigenvalue weighted by Crippen LogP contribution is -2.40. The maximum atomic E-state index is 2.49. The monoisotopic (exact) mass is 252 g/mol. The maximum absolute atomic E-state index is 2.49. The van der Waals surface area contributed by atoms with Crippen molar-refractivity contribution in [2.45, 2.75) is 64.2 Å². The fraction of sp³-hybridized carbons (Fsp3) is 0.684. The number of aryl methyl sites for hydroxylation is 2. The number of fused-ring (bicyclic) bond motifs is 2. The lowest BCUT2D eigenvalue weighted by molar-refractivity contribution is 0.0308. The van der Waals surface area contributed by atoms with Crippen molar-refractivity contribution in [3.63, 3.8) is 0 Å². The zero-order chi connectivity index (χ0) is 12.7. The van der Waals surface area contributed by atoms with Gasteiger partial charge < -0.3 is 0 Å². The summed E-state index contributed by atoms with van der Waals surface area (Å²) in [5, 5.41) is 0. The molecule has 0 nitrogen and oxygen atoms in total. The number of hydrogen-bond donors (Lipinski definition) is 0. The Balaban J connectivity index is 1.60. The number of hydrogen-bond acceptors (Lipinski definition) is 0. The lowest BCUT2D eigenvalue weighted by Gasteiger charge is -2.52. The van der Waals surface area contributed by atoms with Gasteiger partial charge in [0.05, 0.1) is 0 Å². The van der Waals surface area contributed by atoms with Crippen LogP contribution in [0, 0.1) is 23.7 Å². The summed E-state index contributed by atoms with van der Waals surface area (Å²) in [4.78, 5) is 0. The van der Waals surface area contributed by atoms with Gasteiger partial charge in [0.1, 0.15) is 0 Å². The quantitative estimate of drug-likeness (QED) is 0.610. The SMILES string of the molecule is Cc1ccc2c(c1)CCC13CC1CC1(CCC1)CC23. The standard InChI is InChI=1S/C19H24/c1-13-3-4-16-14(9-13)5-8-19-11-15(19)10-18(6-2-7-18)12-17(16)19/h3-4,9,15,17H,2,5-8,10-12H2,1H3. The van der Waals surface area contributed by atoms with Gasteiger partial charge in [0.2, 0.25) is 0 Å². The van der Waals surface area contributed by atoms with Crippen molar-refractivity contribution in [3.05, 3.63) is 34.9 Å². The van der Waals surface area contributed by atoms with Crippen LogP contribution >= 0.6 is 0 Å². The van der Waals surface area contributed by atoms with E-state index in [0.717, 1.165) is 22.7 Å². The van der Waals surface area contributed by atoms with E-state index in [1.54, 1.807) is 24.0 Å². The Labute approximate surface area is 116 Å².